The van der Waals surface area contributed by atoms with Crippen LogP contribution < -0.4 is 22.7 Å². The van der Waals surface area contributed by atoms with Crippen LogP contribution in [0.5, 0.6) is 0 Å². The van der Waals surface area contributed by atoms with E-state index in [9.17, 15) is 13.2 Å². The molecule has 50 valence electrons. The molecule has 0 saturated carbocycles. The van der Waals surface area contributed by atoms with Gasteiger partial charge < -0.3 is 22.7 Å². The predicted octanol–water partition coefficient (Wildman–Crippen LogP) is -2.96. The predicted molar refractivity (Wildman–Crippen MR) is 15.2 cm³/mol. The Morgan fingerprint density at radius 3 is 1.50 bits per heavy atom. The first-order valence-corrected chi connectivity index (χ1v) is 1.31. The molecule has 0 aromatic rings. The van der Waals surface area contributed by atoms with Gasteiger partial charge in [0, 0.05) is 0 Å². The van der Waals surface area contributed by atoms with Crippen molar-refractivity contribution in [3.63, 3.8) is 0 Å². The highest BCUT2D eigenvalue weighted by Gasteiger charge is 2.35. The summed E-state index contributed by atoms with van der Waals surface area (Å²) in [6.45, 7) is 0. The van der Waals surface area contributed by atoms with Gasteiger partial charge in [-0.05, 0) is 0 Å². The Labute approximate surface area is 53.6 Å². The molecule has 2 N–H and O–H groups in total. The lowest BCUT2D eigenvalue weighted by atomic mass is 10.6. The first-order chi connectivity index (χ1) is 2.94. The zero-order valence-corrected chi connectivity index (χ0v) is 5.08. The number of rotatable bonds is 0. The van der Waals surface area contributed by atoms with Crippen molar-refractivity contribution < 1.29 is 34.9 Å². The summed E-state index contributed by atoms with van der Waals surface area (Å²) in [6.07, 6.45) is -4.86. The molecule has 0 unspecified atom stereocenters. The first kappa shape index (κ1) is 10.7. The Balaban J connectivity index is 0. The van der Waals surface area contributed by atoms with Crippen molar-refractivity contribution in [2.24, 2.45) is 5.73 Å². The molecule has 2 nitrogen and oxygen atoms in total. The van der Waals surface area contributed by atoms with Crippen LogP contribution in [0.2, 0.25) is 0 Å². The van der Waals surface area contributed by atoms with E-state index in [1.807, 2.05) is 0 Å². The summed E-state index contributed by atoms with van der Waals surface area (Å²) < 4.78 is 32.1. The minimum absolute atomic E-state index is 0. The van der Waals surface area contributed by atoms with Crippen LogP contribution in [0.15, 0.2) is 0 Å². The Morgan fingerprint density at radius 2 is 1.50 bits per heavy atom. The zero-order valence-electron chi connectivity index (χ0n) is 3.50. The monoisotopic (exact) mass is 192 g/mol. The quantitative estimate of drug-likeness (QED) is 0.438. The van der Waals surface area contributed by atoms with Crippen LogP contribution in [0.3, 0.4) is 0 Å². The molecular weight excluding hydrogens is 191 g/mol. The van der Waals surface area contributed by atoms with Crippen molar-refractivity contribution in [3.05, 3.63) is 0 Å². The summed E-state index contributed by atoms with van der Waals surface area (Å²) in [6, 6.07) is 0. The molecule has 0 radical (unpaired) electrons. The minimum Gasteiger partial charge on any atom is -1.00 e. The average Bonchev–Trinajstić information content (AvgIpc) is 1.31. The molecule has 0 heterocycles. The number of alkyl halides is 3. The summed E-state index contributed by atoms with van der Waals surface area (Å²) in [5, 5.41) is 0. The fourth-order valence-corrected chi connectivity index (χ4v) is 0. The highest BCUT2D eigenvalue weighted by Crippen LogP contribution is 2.11. The van der Waals surface area contributed by atoms with Crippen molar-refractivity contribution in [2.75, 3.05) is 0 Å². The first-order valence-electron chi connectivity index (χ1n) is 1.31. The van der Waals surface area contributed by atoms with Crippen LogP contribution in [0, 0.1) is 0 Å². The molecule has 0 aromatic carbocycles. The number of amides is 1. The maximum absolute atomic E-state index is 10.7. The molecule has 0 aromatic heterocycles. The van der Waals surface area contributed by atoms with Crippen molar-refractivity contribution in [1.82, 2.24) is 0 Å². The number of carbonyl (C=O) groups is 1. The molecule has 0 aliphatic carbocycles. The smallest absolute Gasteiger partial charge is 0.470 e. The highest BCUT2D eigenvalue weighted by molar-refractivity contribution is 5.79. The maximum atomic E-state index is 10.7. The van der Waals surface area contributed by atoms with Gasteiger partial charge in [0.05, 0.1) is 0 Å². The second kappa shape index (κ2) is 2.91. The summed E-state index contributed by atoms with van der Waals surface area (Å²) in [4.78, 5) is 9.12. The van der Waals surface area contributed by atoms with E-state index in [0.29, 0.717) is 0 Å². The lowest BCUT2D eigenvalue weighted by molar-refractivity contribution is -0.169. The third kappa shape index (κ3) is 3.91. The lowest BCUT2D eigenvalue weighted by Crippen LogP contribution is -3.00. The molecule has 1 amide bonds. The van der Waals surface area contributed by atoms with E-state index >= 15 is 0 Å². The van der Waals surface area contributed by atoms with Crippen LogP contribution >= 0.6 is 0 Å². The number of halogens is 4. The van der Waals surface area contributed by atoms with Gasteiger partial charge in [0.2, 0.25) is 0 Å². The Kier molecular flexibility index (Phi) is 3.88. The van der Waals surface area contributed by atoms with Crippen molar-refractivity contribution in [1.29, 1.82) is 0 Å². The van der Waals surface area contributed by atoms with Gasteiger partial charge in [-0.1, -0.05) is 0 Å². The third-order valence-electron chi connectivity index (χ3n) is 0.279. The Morgan fingerprint density at radius 1 is 1.38 bits per heavy atom. The molecule has 0 aliphatic rings. The van der Waals surface area contributed by atoms with Crippen LogP contribution in [0.25, 0.3) is 0 Å². The van der Waals surface area contributed by atoms with Gasteiger partial charge >= 0.3 is 12.1 Å². The fourth-order valence-electron chi connectivity index (χ4n) is 0. The van der Waals surface area contributed by atoms with Crippen LogP contribution in [-0.4, -0.2) is 12.1 Å². The molecule has 0 saturated heterocycles. The summed E-state index contributed by atoms with van der Waals surface area (Å²) in [5.74, 6) is -2.26. The number of hydrogen-bond acceptors (Lipinski definition) is 1. The Bertz CT molecular complexity index is 89.8. The topological polar surface area (TPSA) is 43.1 Å². The second-order valence-corrected chi connectivity index (χ2v) is 0.862. The van der Waals surface area contributed by atoms with E-state index in [2.05, 4.69) is 5.73 Å². The number of carbonyl (C=O) groups excluding carboxylic acids is 1. The fraction of sp³-hybridized carbons (Fsp3) is 0.500. The van der Waals surface area contributed by atoms with Crippen molar-refractivity contribution in [3.8, 4) is 0 Å². The third-order valence-corrected chi connectivity index (χ3v) is 0.279. The molecule has 0 aliphatic heterocycles. The SMILES string of the molecule is NC(=O)C(F)(F)F.[Br-]. The largest absolute Gasteiger partial charge is 1.00 e. The van der Waals surface area contributed by atoms with E-state index in [4.69, 9.17) is 4.79 Å². The molecular formula is C2H2BrF3NO-. The van der Waals surface area contributed by atoms with E-state index in [1.165, 1.54) is 0 Å². The summed E-state index contributed by atoms with van der Waals surface area (Å²) >= 11 is 0. The molecule has 0 spiro atoms. The van der Waals surface area contributed by atoms with E-state index in [-0.39, 0.29) is 17.0 Å². The van der Waals surface area contributed by atoms with E-state index in [1.54, 1.807) is 0 Å². The van der Waals surface area contributed by atoms with Crippen LogP contribution in [-0.2, 0) is 4.79 Å². The van der Waals surface area contributed by atoms with Gasteiger partial charge in [0.1, 0.15) is 0 Å². The normalized spacial score (nSPS) is 9.88. The minimum atomic E-state index is -4.86. The molecule has 8 heavy (non-hydrogen) atoms. The van der Waals surface area contributed by atoms with E-state index < -0.39 is 12.1 Å². The standard InChI is InChI=1S/C2H2F3NO.BrH/c3-2(4,5)1(6)7;/h(H2,6,7);1H/p-1. The molecule has 0 rings (SSSR count). The highest BCUT2D eigenvalue weighted by atomic mass is 79.9. The molecule has 6 heteroatoms. The van der Waals surface area contributed by atoms with Gasteiger partial charge in [-0.2, -0.15) is 13.2 Å². The second-order valence-electron chi connectivity index (χ2n) is 0.862. The maximum Gasteiger partial charge on any atom is 0.470 e. The number of hydrogen-bond donors (Lipinski definition) is 1. The molecule has 0 fully saturated rings. The number of primary amides is 1. The van der Waals surface area contributed by atoms with Crippen molar-refractivity contribution in [2.45, 2.75) is 6.18 Å². The van der Waals surface area contributed by atoms with Crippen LogP contribution in [0.1, 0.15) is 0 Å². The van der Waals surface area contributed by atoms with Gasteiger partial charge in [0.25, 0.3) is 0 Å². The van der Waals surface area contributed by atoms with Gasteiger partial charge in [-0.3, -0.25) is 4.79 Å². The lowest BCUT2D eigenvalue weighted by Gasteiger charge is -1.95. The molecule has 0 atom stereocenters. The van der Waals surface area contributed by atoms with Gasteiger partial charge in [-0.15, -0.1) is 0 Å². The Hall–Kier alpha value is -0.260. The van der Waals surface area contributed by atoms with Gasteiger partial charge in [-0.25, -0.2) is 0 Å². The summed E-state index contributed by atoms with van der Waals surface area (Å²) in [7, 11) is 0. The average molecular weight is 193 g/mol. The van der Waals surface area contributed by atoms with Gasteiger partial charge in [0.15, 0.2) is 0 Å². The van der Waals surface area contributed by atoms with Crippen LogP contribution in [0.4, 0.5) is 13.2 Å². The zero-order chi connectivity index (χ0) is 6.08. The number of nitrogens with two attached hydrogens (primary N) is 1. The van der Waals surface area contributed by atoms with E-state index in [0.717, 1.165) is 0 Å². The summed E-state index contributed by atoms with van der Waals surface area (Å²) in [5.41, 5.74) is 3.81. The van der Waals surface area contributed by atoms with Crippen molar-refractivity contribution >= 4 is 5.91 Å². The molecule has 0 bridgehead atoms.